The predicted molar refractivity (Wildman–Crippen MR) is 119 cm³/mol. The van der Waals surface area contributed by atoms with Crippen molar-refractivity contribution in [2.75, 3.05) is 18.4 Å². The molecule has 0 radical (unpaired) electrons. The largest absolute Gasteiger partial charge is 0.333 e. The standard InChI is InChI=1S/C24H28N4O2/c1-4-15-27(24(30)18(2)3)17-23(29)25-22-16-21(19-11-7-5-8-12-19)26-28(22)20-13-9-6-10-14-20/h5-14,16,18H,4,15,17H2,1-3H3,(H,25,29). The Labute approximate surface area is 177 Å². The van der Waals surface area contributed by atoms with Crippen LogP contribution in [0.15, 0.2) is 66.7 Å². The highest BCUT2D eigenvalue weighted by molar-refractivity contribution is 5.94. The maximum absolute atomic E-state index is 12.8. The van der Waals surface area contributed by atoms with Gasteiger partial charge in [-0.1, -0.05) is 69.3 Å². The average Bonchev–Trinajstić information content (AvgIpc) is 3.17. The Morgan fingerprint density at radius 1 is 1.03 bits per heavy atom. The van der Waals surface area contributed by atoms with Crippen LogP contribution in [0.3, 0.4) is 0 Å². The molecule has 0 saturated heterocycles. The Morgan fingerprint density at radius 2 is 1.67 bits per heavy atom. The summed E-state index contributed by atoms with van der Waals surface area (Å²) in [5, 5.41) is 7.65. The van der Waals surface area contributed by atoms with Crippen molar-refractivity contribution in [1.82, 2.24) is 14.7 Å². The Bertz CT molecular complexity index is 981. The van der Waals surface area contributed by atoms with Gasteiger partial charge in [0.15, 0.2) is 0 Å². The van der Waals surface area contributed by atoms with Gasteiger partial charge in [-0.05, 0) is 18.6 Å². The number of amides is 2. The molecule has 0 fully saturated rings. The molecule has 3 aromatic rings. The lowest BCUT2D eigenvalue weighted by Crippen LogP contribution is -2.40. The van der Waals surface area contributed by atoms with Gasteiger partial charge in [0.05, 0.1) is 17.9 Å². The lowest BCUT2D eigenvalue weighted by molar-refractivity contribution is -0.137. The normalized spacial score (nSPS) is 10.8. The predicted octanol–water partition coefficient (Wildman–Crippen LogP) is 4.37. The average molecular weight is 405 g/mol. The van der Waals surface area contributed by atoms with Crippen LogP contribution in [0.1, 0.15) is 27.2 Å². The first kappa shape index (κ1) is 21.3. The molecule has 2 aromatic carbocycles. The van der Waals surface area contributed by atoms with Gasteiger partial charge in [-0.2, -0.15) is 5.10 Å². The van der Waals surface area contributed by atoms with E-state index in [9.17, 15) is 9.59 Å². The zero-order valence-corrected chi connectivity index (χ0v) is 17.7. The third kappa shape index (κ3) is 5.14. The Hall–Kier alpha value is -3.41. The van der Waals surface area contributed by atoms with Crippen molar-refractivity contribution in [3.63, 3.8) is 0 Å². The van der Waals surface area contributed by atoms with E-state index >= 15 is 0 Å². The van der Waals surface area contributed by atoms with Crippen LogP contribution in [0.25, 0.3) is 16.9 Å². The molecule has 0 spiro atoms. The second-order valence-electron chi connectivity index (χ2n) is 7.49. The Morgan fingerprint density at radius 3 is 2.27 bits per heavy atom. The van der Waals surface area contributed by atoms with E-state index in [2.05, 4.69) is 5.32 Å². The van der Waals surface area contributed by atoms with E-state index < -0.39 is 0 Å². The zero-order valence-electron chi connectivity index (χ0n) is 17.7. The van der Waals surface area contributed by atoms with Crippen molar-refractivity contribution in [2.45, 2.75) is 27.2 Å². The first-order valence-electron chi connectivity index (χ1n) is 10.3. The van der Waals surface area contributed by atoms with Crippen molar-refractivity contribution in [3.8, 4) is 16.9 Å². The van der Waals surface area contributed by atoms with Gasteiger partial charge in [0.25, 0.3) is 0 Å². The molecule has 0 aliphatic heterocycles. The fraction of sp³-hybridized carbons (Fsp3) is 0.292. The molecular formula is C24H28N4O2. The van der Waals surface area contributed by atoms with E-state index in [0.29, 0.717) is 12.4 Å². The molecular weight excluding hydrogens is 376 g/mol. The maximum Gasteiger partial charge on any atom is 0.245 e. The number of benzene rings is 2. The van der Waals surface area contributed by atoms with Gasteiger partial charge in [0, 0.05) is 24.1 Å². The summed E-state index contributed by atoms with van der Waals surface area (Å²) in [6.07, 6.45) is 0.797. The van der Waals surface area contributed by atoms with Crippen molar-refractivity contribution in [3.05, 3.63) is 66.7 Å². The Balaban J connectivity index is 1.87. The number of carbonyl (C=O) groups is 2. The second kappa shape index (κ2) is 9.87. The highest BCUT2D eigenvalue weighted by Crippen LogP contribution is 2.24. The minimum Gasteiger partial charge on any atom is -0.333 e. The van der Waals surface area contributed by atoms with Crippen molar-refractivity contribution in [2.24, 2.45) is 5.92 Å². The van der Waals surface area contributed by atoms with Crippen LogP contribution in [0, 0.1) is 5.92 Å². The van der Waals surface area contributed by atoms with Gasteiger partial charge in [-0.25, -0.2) is 4.68 Å². The fourth-order valence-electron chi connectivity index (χ4n) is 3.24. The highest BCUT2D eigenvalue weighted by Gasteiger charge is 2.20. The molecule has 0 unspecified atom stereocenters. The van der Waals surface area contributed by atoms with Gasteiger partial charge < -0.3 is 10.2 Å². The molecule has 156 valence electrons. The number of anilines is 1. The Kier molecular flexibility index (Phi) is 7.01. The quantitative estimate of drug-likeness (QED) is 0.606. The number of aromatic nitrogens is 2. The summed E-state index contributed by atoms with van der Waals surface area (Å²) in [5.41, 5.74) is 2.57. The molecule has 1 N–H and O–H groups in total. The van der Waals surface area contributed by atoms with Gasteiger partial charge >= 0.3 is 0 Å². The topological polar surface area (TPSA) is 67.2 Å². The second-order valence-corrected chi connectivity index (χ2v) is 7.49. The van der Waals surface area contributed by atoms with Gasteiger partial charge in [-0.15, -0.1) is 0 Å². The van der Waals surface area contributed by atoms with Crippen LogP contribution < -0.4 is 5.32 Å². The van der Waals surface area contributed by atoms with Gasteiger partial charge in [-0.3, -0.25) is 9.59 Å². The summed E-state index contributed by atoms with van der Waals surface area (Å²) in [5.74, 6) is 0.157. The minimum atomic E-state index is -0.242. The molecule has 0 atom stereocenters. The summed E-state index contributed by atoms with van der Waals surface area (Å²) >= 11 is 0. The number of rotatable bonds is 8. The first-order chi connectivity index (χ1) is 14.5. The molecule has 0 aliphatic rings. The maximum atomic E-state index is 12.8. The van der Waals surface area contributed by atoms with Gasteiger partial charge in [0.1, 0.15) is 5.82 Å². The molecule has 0 bridgehead atoms. The lowest BCUT2D eigenvalue weighted by atomic mass is 10.1. The summed E-state index contributed by atoms with van der Waals surface area (Å²) in [6, 6.07) is 21.3. The van der Waals surface area contributed by atoms with Crippen LogP contribution in [-0.2, 0) is 9.59 Å². The molecule has 6 heteroatoms. The molecule has 0 saturated carbocycles. The SMILES string of the molecule is CCCN(CC(=O)Nc1cc(-c2ccccc2)nn1-c1ccccc1)C(=O)C(C)C. The molecule has 1 heterocycles. The number of nitrogens with one attached hydrogen (secondary N) is 1. The van der Waals surface area contributed by atoms with Gasteiger partial charge in [0.2, 0.25) is 11.8 Å². The van der Waals surface area contributed by atoms with E-state index in [4.69, 9.17) is 5.10 Å². The summed E-state index contributed by atoms with van der Waals surface area (Å²) in [4.78, 5) is 26.8. The van der Waals surface area contributed by atoms with Crippen molar-refractivity contribution in [1.29, 1.82) is 0 Å². The molecule has 30 heavy (non-hydrogen) atoms. The van der Waals surface area contributed by atoms with E-state index in [1.54, 1.807) is 9.58 Å². The number of hydrogen-bond donors (Lipinski definition) is 1. The van der Waals surface area contributed by atoms with Crippen LogP contribution in [0.5, 0.6) is 0 Å². The molecule has 2 amide bonds. The summed E-state index contributed by atoms with van der Waals surface area (Å²) in [6.45, 7) is 6.26. The van der Waals surface area contributed by atoms with E-state index in [1.807, 2.05) is 87.5 Å². The molecule has 0 aliphatic carbocycles. The molecule has 1 aromatic heterocycles. The molecule has 6 nitrogen and oxygen atoms in total. The van der Waals surface area contributed by atoms with E-state index in [0.717, 1.165) is 23.4 Å². The minimum absolute atomic E-state index is 0.0193. The highest BCUT2D eigenvalue weighted by atomic mass is 16.2. The van der Waals surface area contributed by atoms with Crippen LogP contribution in [0.4, 0.5) is 5.82 Å². The van der Waals surface area contributed by atoms with Crippen LogP contribution in [-0.4, -0.2) is 39.6 Å². The number of hydrogen-bond acceptors (Lipinski definition) is 3. The number of nitrogens with zero attached hydrogens (tertiary/aromatic N) is 3. The smallest absolute Gasteiger partial charge is 0.245 e. The summed E-state index contributed by atoms with van der Waals surface area (Å²) < 4.78 is 1.72. The zero-order chi connectivity index (χ0) is 21.5. The fourth-order valence-corrected chi connectivity index (χ4v) is 3.24. The molecule has 3 rings (SSSR count). The summed E-state index contributed by atoms with van der Waals surface area (Å²) in [7, 11) is 0. The lowest BCUT2D eigenvalue weighted by Gasteiger charge is -2.23. The van der Waals surface area contributed by atoms with E-state index in [-0.39, 0.29) is 24.3 Å². The van der Waals surface area contributed by atoms with E-state index in [1.165, 1.54) is 0 Å². The monoisotopic (exact) mass is 404 g/mol. The van der Waals surface area contributed by atoms with Crippen LogP contribution in [0.2, 0.25) is 0 Å². The third-order valence-electron chi connectivity index (χ3n) is 4.68. The third-order valence-corrected chi connectivity index (χ3v) is 4.68. The van der Waals surface area contributed by atoms with Crippen LogP contribution >= 0.6 is 0 Å². The number of carbonyl (C=O) groups excluding carboxylic acids is 2. The number of para-hydroxylation sites is 1. The first-order valence-corrected chi connectivity index (χ1v) is 10.3. The van der Waals surface area contributed by atoms with Crippen molar-refractivity contribution >= 4 is 17.6 Å². The van der Waals surface area contributed by atoms with Crippen molar-refractivity contribution < 1.29 is 9.59 Å².